The second kappa shape index (κ2) is 15.8. The van der Waals surface area contributed by atoms with Gasteiger partial charge < -0.3 is 18.9 Å². The Labute approximate surface area is 272 Å². The number of hydrogen-bond donors (Lipinski definition) is 0. The predicted octanol–water partition coefficient (Wildman–Crippen LogP) is 10.4. The summed E-state index contributed by atoms with van der Waals surface area (Å²) in [5, 5.41) is 0. The van der Waals surface area contributed by atoms with Gasteiger partial charge in [0.15, 0.2) is 0 Å². The number of benzene rings is 5. The SMILES string of the molecule is COc1ccc(C=Cc2cc(C=Cc3ccc(OC)cc3)c(C=Cc3ccc(OC)cc3)cc2C=Cc2ccc(OC)cc2)cc1. The Hall–Kier alpha value is -5.74. The summed E-state index contributed by atoms with van der Waals surface area (Å²) >= 11 is 0. The fourth-order valence-electron chi connectivity index (χ4n) is 4.85. The first-order chi connectivity index (χ1) is 22.6. The maximum Gasteiger partial charge on any atom is 0.118 e. The van der Waals surface area contributed by atoms with Crippen LogP contribution in [0, 0.1) is 0 Å². The van der Waals surface area contributed by atoms with Crippen LogP contribution in [0.25, 0.3) is 48.6 Å². The number of hydrogen-bond acceptors (Lipinski definition) is 4. The normalized spacial score (nSPS) is 11.6. The van der Waals surface area contributed by atoms with Crippen molar-refractivity contribution in [1.29, 1.82) is 0 Å². The molecule has 0 aromatic heterocycles. The topological polar surface area (TPSA) is 36.9 Å². The van der Waals surface area contributed by atoms with Gasteiger partial charge in [-0.25, -0.2) is 0 Å². The van der Waals surface area contributed by atoms with Crippen molar-refractivity contribution in [2.24, 2.45) is 0 Å². The molecule has 0 radical (unpaired) electrons. The molecular formula is C42H38O4. The second-order valence-corrected chi connectivity index (χ2v) is 10.5. The summed E-state index contributed by atoms with van der Waals surface area (Å²) in [6.07, 6.45) is 17.2. The minimum atomic E-state index is 0.833. The zero-order chi connectivity index (χ0) is 32.1. The molecule has 230 valence electrons. The van der Waals surface area contributed by atoms with E-state index in [0.717, 1.165) is 67.5 Å². The van der Waals surface area contributed by atoms with E-state index < -0.39 is 0 Å². The fraction of sp³-hybridized carbons (Fsp3) is 0.0952. The number of methoxy groups -OCH3 is 4. The van der Waals surface area contributed by atoms with E-state index in [-0.39, 0.29) is 0 Å². The molecule has 0 atom stereocenters. The molecule has 4 heteroatoms. The van der Waals surface area contributed by atoms with Crippen LogP contribution in [0.2, 0.25) is 0 Å². The Morgan fingerprint density at radius 1 is 0.283 bits per heavy atom. The molecule has 0 fully saturated rings. The smallest absolute Gasteiger partial charge is 0.118 e. The molecule has 0 spiro atoms. The number of rotatable bonds is 12. The maximum absolute atomic E-state index is 5.34. The molecule has 0 aliphatic rings. The Bertz CT molecular complexity index is 1550. The average molecular weight is 607 g/mol. The van der Waals surface area contributed by atoms with E-state index in [4.69, 9.17) is 18.9 Å². The van der Waals surface area contributed by atoms with Crippen LogP contribution in [0.1, 0.15) is 44.5 Å². The van der Waals surface area contributed by atoms with Gasteiger partial charge in [-0.3, -0.25) is 0 Å². The lowest BCUT2D eigenvalue weighted by molar-refractivity contribution is 0.414. The van der Waals surface area contributed by atoms with Crippen molar-refractivity contribution >= 4 is 48.6 Å². The third kappa shape index (κ3) is 8.67. The van der Waals surface area contributed by atoms with Crippen molar-refractivity contribution in [1.82, 2.24) is 0 Å². The molecule has 0 saturated heterocycles. The van der Waals surface area contributed by atoms with Crippen LogP contribution >= 0.6 is 0 Å². The minimum Gasteiger partial charge on any atom is -0.497 e. The molecule has 5 aromatic rings. The molecule has 0 amide bonds. The van der Waals surface area contributed by atoms with Gasteiger partial charge >= 0.3 is 0 Å². The van der Waals surface area contributed by atoms with Gasteiger partial charge in [-0.1, -0.05) is 97.1 Å². The van der Waals surface area contributed by atoms with E-state index in [1.807, 2.05) is 48.5 Å². The quantitative estimate of drug-likeness (QED) is 0.132. The summed E-state index contributed by atoms with van der Waals surface area (Å²) in [4.78, 5) is 0. The van der Waals surface area contributed by atoms with Crippen molar-refractivity contribution in [2.45, 2.75) is 0 Å². The molecule has 0 N–H and O–H groups in total. The molecule has 0 unspecified atom stereocenters. The van der Waals surface area contributed by atoms with E-state index in [2.05, 4.69) is 109 Å². The van der Waals surface area contributed by atoms with Crippen molar-refractivity contribution in [3.8, 4) is 23.0 Å². The molecule has 5 aromatic carbocycles. The minimum absolute atomic E-state index is 0.833. The van der Waals surface area contributed by atoms with Crippen molar-refractivity contribution in [3.63, 3.8) is 0 Å². The van der Waals surface area contributed by atoms with E-state index in [1.165, 1.54) is 0 Å². The fourth-order valence-corrected chi connectivity index (χ4v) is 4.85. The average Bonchev–Trinajstić information content (AvgIpc) is 3.12. The summed E-state index contributed by atoms with van der Waals surface area (Å²) in [6.45, 7) is 0. The van der Waals surface area contributed by atoms with Crippen molar-refractivity contribution < 1.29 is 18.9 Å². The van der Waals surface area contributed by atoms with Crippen LogP contribution in [0.5, 0.6) is 23.0 Å². The van der Waals surface area contributed by atoms with Gasteiger partial charge in [0.1, 0.15) is 23.0 Å². The van der Waals surface area contributed by atoms with E-state index in [0.29, 0.717) is 0 Å². The third-order valence-corrected chi connectivity index (χ3v) is 7.57. The summed E-state index contributed by atoms with van der Waals surface area (Å²) < 4.78 is 21.4. The summed E-state index contributed by atoms with van der Waals surface area (Å²) in [5.41, 5.74) is 8.73. The summed E-state index contributed by atoms with van der Waals surface area (Å²) in [5.74, 6) is 3.33. The molecule has 46 heavy (non-hydrogen) atoms. The highest BCUT2D eigenvalue weighted by molar-refractivity contribution is 5.86. The van der Waals surface area contributed by atoms with Gasteiger partial charge in [-0.05, 0) is 105 Å². The molecule has 0 heterocycles. The van der Waals surface area contributed by atoms with Crippen LogP contribution in [0.4, 0.5) is 0 Å². The van der Waals surface area contributed by atoms with Crippen LogP contribution in [-0.2, 0) is 0 Å². The number of ether oxygens (including phenoxy) is 4. The van der Waals surface area contributed by atoms with Crippen LogP contribution in [0.15, 0.2) is 109 Å². The first-order valence-corrected chi connectivity index (χ1v) is 15.0. The van der Waals surface area contributed by atoms with Gasteiger partial charge in [0.2, 0.25) is 0 Å². The Morgan fingerprint density at radius 2 is 0.478 bits per heavy atom. The van der Waals surface area contributed by atoms with Crippen LogP contribution in [-0.4, -0.2) is 28.4 Å². The van der Waals surface area contributed by atoms with Crippen LogP contribution < -0.4 is 18.9 Å². The largest absolute Gasteiger partial charge is 0.497 e. The molecule has 0 saturated carbocycles. The molecular weight excluding hydrogens is 568 g/mol. The predicted molar refractivity (Wildman–Crippen MR) is 194 cm³/mol. The third-order valence-electron chi connectivity index (χ3n) is 7.57. The van der Waals surface area contributed by atoms with Gasteiger partial charge in [-0.2, -0.15) is 0 Å². The van der Waals surface area contributed by atoms with Gasteiger partial charge in [0.25, 0.3) is 0 Å². The van der Waals surface area contributed by atoms with Gasteiger partial charge in [0.05, 0.1) is 28.4 Å². The first-order valence-electron chi connectivity index (χ1n) is 15.0. The first kappa shape index (κ1) is 31.7. The Morgan fingerprint density at radius 3 is 0.652 bits per heavy atom. The zero-order valence-electron chi connectivity index (χ0n) is 26.6. The van der Waals surface area contributed by atoms with Gasteiger partial charge in [-0.15, -0.1) is 0 Å². The zero-order valence-corrected chi connectivity index (χ0v) is 26.6. The molecule has 0 aliphatic carbocycles. The lowest BCUT2D eigenvalue weighted by atomic mass is 9.95. The standard InChI is InChI=1S/C42H38O4/c1-43-39-21-9-31(10-22-39)5-17-35-29-37(19-7-33-13-25-41(45-3)26-14-33)38(20-8-34-15-27-42(46-4)28-16-34)30-36(35)18-6-32-11-23-40(44-2)24-12-32/h5-30H,1-4H3. The van der Waals surface area contributed by atoms with E-state index in [9.17, 15) is 0 Å². The van der Waals surface area contributed by atoms with Gasteiger partial charge in [0, 0.05) is 0 Å². The molecule has 4 nitrogen and oxygen atoms in total. The van der Waals surface area contributed by atoms with E-state index >= 15 is 0 Å². The second-order valence-electron chi connectivity index (χ2n) is 10.5. The van der Waals surface area contributed by atoms with Crippen LogP contribution in [0.3, 0.4) is 0 Å². The monoisotopic (exact) mass is 606 g/mol. The summed E-state index contributed by atoms with van der Waals surface area (Å²) in [7, 11) is 6.71. The Balaban J connectivity index is 1.58. The highest BCUT2D eigenvalue weighted by Gasteiger charge is 2.06. The van der Waals surface area contributed by atoms with Crippen molar-refractivity contribution in [2.75, 3.05) is 28.4 Å². The highest BCUT2D eigenvalue weighted by Crippen LogP contribution is 2.27. The lowest BCUT2D eigenvalue weighted by Gasteiger charge is -2.10. The molecule has 0 bridgehead atoms. The molecule has 5 rings (SSSR count). The summed E-state index contributed by atoms with van der Waals surface area (Å²) in [6, 6.07) is 36.7. The Kier molecular flexibility index (Phi) is 10.9. The van der Waals surface area contributed by atoms with Crippen molar-refractivity contribution in [3.05, 3.63) is 154 Å². The highest BCUT2D eigenvalue weighted by atomic mass is 16.5. The molecule has 0 aliphatic heterocycles. The maximum atomic E-state index is 5.34. The lowest BCUT2D eigenvalue weighted by Crippen LogP contribution is -1.90. The van der Waals surface area contributed by atoms with E-state index in [1.54, 1.807) is 28.4 Å².